The van der Waals surface area contributed by atoms with Crippen molar-refractivity contribution in [3.63, 3.8) is 0 Å². The summed E-state index contributed by atoms with van der Waals surface area (Å²) in [6.45, 7) is 5.15. The highest BCUT2D eigenvalue weighted by Gasteiger charge is 2.27. The van der Waals surface area contributed by atoms with Gasteiger partial charge in [-0.1, -0.05) is 32.9 Å². The minimum absolute atomic E-state index is 0.133. The lowest BCUT2D eigenvalue weighted by atomic mass is 9.94. The van der Waals surface area contributed by atoms with E-state index in [-0.39, 0.29) is 11.9 Å². The van der Waals surface area contributed by atoms with E-state index in [9.17, 15) is 9.59 Å². The van der Waals surface area contributed by atoms with Crippen molar-refractivity contribution in [1.82, 2.24) is 5.32 Å². The Balaban J connectivity index is 2.76. The first kappa shape index (κ1) is 17.0. The van der Waals surface area contributed by atoms with E-state index >= 15 is 0 Å². The molecular formula is C16H23NO4. The lowest BCUT2D eigenvalue weighted by Crippen LogP contribution is -2.37. The van der Waals surface area contributed by atoms with Crippen molar-refractivity contribution in [3.8, 4) is 5.75 Å². The second-order valence-electron chi connectivity index (χ2n) is 5.16. The highest BCUT2D eigenvalue weighted by molar-refractivity contribution is 5.84. The van der Waals surface area contributed by atoms with Crippen molar-refractivity contribution >= 4 is 11.9 Å². The smallest absolute Gasteiger partial charge is 0.307 e. The number of amides is 1. The van der Waals surface area contributed by atoms with Crippen LogP contribution in [-0.2, 0) is 9.59 Å². The number of carbonyl (C=O) groups is 2. The lowest BCUT2D eigenvalue weighted by molar-refractivity contribution is -0.146. The Kier molecular flexibility index (Phi) is 6.21. The van der Waals surface area contributed by atoms with E-state index < -0.39 is 17.8 Å². The molecule has 3 unspecified atom stereocenters. The minimum atomic E-state index is -0.963. The first-order valence-corrected chi connectivity index (χ1v) is 7.07. The van der Waals surface area contributed by atoms with Crippen molar-refractivity contribution in [2.24, 2.45) is 11.8 Å². The fraction of sp³-hybridized carbons (Fsp3) is 0.500. The van der Waals surface area contributed by atoms with Crippen LogP contribution in [0.3, 0.4) is 0 Å². The number of carboxylic acid groups (broad SMARTS) is 1. The van der Waals surface area contributed by atoms with Crippen LogP contribution in [0.15, 0.2) is 24.3 Å². The Morgan fingerprint density at radius 2 is 1.76 bits per heavy atom. The van der Waals surface area contributed by atoms with Crippen LogP contribution in [0.2, 0.25) is 0 Å². The van der Waals surface area contributed by atoms with E-state index in [0.29, 0.717) is 0 Å². The van der Waals surface area contributed by atoms with Crippen LogP contribution in [0.4, 0.5) is 0 Å². The van der Waals surface area contributed by atoms with Crippen molar-refractivity contribution < 1.29 is 19.4 Å². The largest absolute Gasteiger partial charge is 0.497 e. The van der Waals surface area contributed by atoms with Crippen molar-refractivity contribution in [2.75, 3.05) is 7.11 Å². The number of hydrogen-bond donors (Lipinski definition) is 2. The molecule has 0 saturated heterocycles. The molecule has 0 aliphatic heterocycles. The predicted octanol–water partition coefficient (Wildman–Crippen LogP) is 2.62. The maximum Gasteiger partial charge on any atom is 0.307 e. The summed E-state index contributed by atoms with van der Waals surface area (Å²) >= 11 is 0. The maximum absolute atomic E-state index is 12.2. The zero-order valence-corrected chi connectivity index (χ0v) is 12.9. The summed E-state index contributed by atoms with van der Waals surface area (Å²) in [5, 5.41) is 11.9. The van der Waals surface area contributed by atoms with Gasteiger partial charge in [0.25, 0.3) is 0 Å². The molecule has 1 aromatic carbocycles. The molecule has 0 saturated carbocycles. The van der Waals surface area contributed by atoms with E-state index in [0.717, 1.165) is 17.7 Å². The van der Waals surface area contributed by atoms with E-state index in [1.165, 1.54) is 0 Å². The highest BCUT2D eigenvalue weighted by atomic mass is 16.5. The summed E-state index contributed by atoms with van der Waals surface area (Å²) in [6.07, 6.45) is 0.728. The molecule has 0 fully saturated rings. The molecule has 1 aromatic rings. The Bertz CT molecular complexity index is 484. The van der Waals surface area contributed by atoms with Crippen LogP contribution in [0.1, 0.15) is 38.8 Å². The van der Waals surface area contributed by atoms with E-state index in [1.807, 2.05) is 31.2 Å². The maximum atomic E-state index is 12.2. The van der Waals surface area contributed by atoms with Gasteiger partial charge in [0.15, 0.2) is 0 Å². The Hall–Kier alpha value is -2.04. The van der Waals surface area contributed by atoms with Gasteiger partial charge in [0.05, 0.1) is 19.1 Å². The summed E-state index contributed by atoms with van der Waals surface area (Å²) in [5.74, 6) is -1.73. The molecule has 21 heavy (non-hydrogen) atoms. The van der Waals surface area contributed by atoms with Gasteiger partial charge in [0.1, 0.15) is 5.75 Å². The van der Waals surface area contributed by atoms with Crippen LogP contribution in [0.25, 0.3) is 0 Å². The zero-order valence-electron chi connectivity index (χ0n) is 12.9. The average Bonchev–Trinajstić information content (AvgIpc) is 2.50. The molecule has 3 atom stereocenters. The molecule has 5 nitrogen and oxygen atoms in total. The van der Waals surface area contributed by atoms with Gasteiger partial charge >= 0.3 is 5.97 Å². The topological polar surface area (TPSA) is 75.6 Å². The number of benzene rings is 1. The number of rotatable bonds is 7. The van der Waals surface area contributed by atoms with Gasteiger partial charge in [0, 0.05) is 5.92 Å². The molecule has 0 spiro atoms. The first-order chi connectivity index (χ1) is 9.90. The number of nitrogens with one attached hydrogen (secondary N) is 1. The first-order valence-electron chi connectivity index (χ1n) is 7.07. The number of methoxy groups -OCH3 is 1. The average molecular weight is 293 g/mol. The third-order valence-corrected chi connectivity index (χ3v) is 3.80. The fourth-order valence-corrected chi connectivity index (χ4v) is 2.00. The van der Waals surface area contributed by atoms with Crippen LogP contribution in [-0.4, -0.2) is 24.1 Å². The van der Waals surface area contributed by atoms with Crippen molar-refractivity contribution in [2.45, 2.75) is 33.2 Å². The van der Waals surface area contributed by atoms with Crippen LogP contribution in [0, 0.1) is 11.8 Å². The molecule has 2 N–H and O–H groups in total. The monoisotopic (exact) mass is 293 g/mol. The summed E-state index contributed by atoms with van der Waals surface area (Å²) in [5.41, 5.74) is 0.974. The molecule has 0 radical (unpaired) electrons. The Morgan fingerprint density at radius 1 is 1.19 bits per heavy atom. The number of ether oxygens (including phenoxy) is 1. The summed E-state index contributed by atoms with van der Waals surface area (Å²) in [4.78, 5) is 23.1. The number of aliphatic carboxylic acids is 1. The lowest BCUT2D eigenvalue weighted by Gasteiger charge is -2.22. The van der Waals surface area contributed by atoms with Gasteiger partial charge in [-0.3, -0.25) is 9.59 Å². The molecular weight excluding hydrogens is 270 g/mol. The quantitative estimate of drug-likeness (QED) is 0.810. The molecule has 0 aliphatic carbocycles. The third kappa shape index (κ3) is 4.48. The zero-order chi connectivity index (χ0) is 16.0. The van der Waals surface area contributed by atoms with Gasteiger partial charge in [-0.2, -0.15) is 0 Å². The van der Waals surface area contributed by atoms with E-state index in [2.05, 4.69) is 5.32 Å². The van der Waals surface area contributed by atoms with E-state index in [1.54, 1.807) is 21.0 Å². The van der Waals surface area contributed by atoms with Crippen molar-refractivity contribution in [3.05, 3.63) is 29.8 Å². The number of carboxylic acids is 1. The van der Waals surface area contributed by atoms with Crippen LogP contribution < -0.4 is 10.1 Å². The van der Waals surface area contributed by atoms with Crippen molar-refractivity contribution in [1.29, 1.82) is 0 Å². The summed E-state index contributed by atoms with van der Waals surface area (Å²) in [6, 6.07) is 7.35. The minimum Gasteiger partial charge on any atom is -0.497 e. The molecule has 1 rings (SSSR count). The second kappa shape index (κ2) is 7.67. The standard InChI is InChI=1S/C16H23NO4/c1-5-14(12-6-8-13(21-4)9-7-12)17-15(18)10(2)11(3)16(19)20/h6-11,14H,5H2,1-4H3,(H,17,18)(H,19,20). The molecule has 0 heterocycles. The molecule has 116 valence electrons. The van der Waals surface area contributed by atoms with Gasteiger partial charge in [-0.15, -0.1) is 0 Å². The second-order valence-corrected chi connectivity index (χ2v) is 5.16. The molecule has 1 amide bonds. The number of hydrogen-bond acceptors (Lipinski definition) is 3. The normalized spacial score (nSPS) is 14.9. The molecule has 0 bridgehead atoms. The van der Waals surface area contributed by atoms with E-state index in [4.69, 9.17) is 9.84 Å². The van der Waals surface area contributed by atoms with Crippen LogP contribution in [0.5, 0.6) is 5.75 Å². The van der Waals surface area contributed by atoms with Gasteiger partial charge in [0.2, 0.25) is 5.91 Å². The molecule has 0 aromatic heterocycles. The van der Waals surface area contributed by atoms with Gasteiger partial charge in [-0.05, 0) is 24.1 Å². The van der Waals surface area contributed by atoms with Gasteiger partial charge < -0.3 is 15.2 Å². The Labute approximate surface area is 125 Å². The Morgan fingerprint density at radius 3 is 2.19 bits per heavy atom. The van der Waals surface area contributed by atoms with Gasteiger partial charge in [-0.25, -0.2) is 0 Å². The molecule has 0 aliphatic rings. The summed E-state index contributed by atoms with van der Waals surface area (Å²) < 4.78 is 5.11. The fourth-order valence-electron chi connectivity index (χ4n) is 2.00. The number of carbonyl (C=O) groups excluding carboxylic acids is 1. The van der Waals surface area contributed by atoms with Crippen LogP contribution >= 0.6 is 0 Å². The highest BCUT2D eigenvalue weighted by Crippen LogP contribution is 2.21. The SMILES string of the molecule is CCC(NC(=O)C(C)C(C)C(=O)O)c1ccc(OC)cc1. The molecule has 5 heteroatoms. The summed E-state index contributed by atoms with van der Waals surface area (Å²) in [7, 11) is 1.60. The third-order valence-electron chi connectivity index (χ3n) is 3.80. The predicted molar refractivity (Wildman–Crippen MR) is 80.1 cm³/mol.